The molecule has 0 aromatic carbocycles. The summed E-state index contributed by atoms with van der Waals surface area (Å²) in [6, 6.07) is 0. The zero-order valence-electron chi connectivity index (χ0n) is 12.8. The van der Waals surface area contributed by atoms with E-state index in [0.29, 0.717) is 5.57 Å². The Morgan fingerprint density at radius 3 is 1.45 bits per heavy atom. The molecule has 7 heteroatoms. The molecule has 11 heavy (non-hydrogen) atoms. The first-order valence-corrected chi connectivity index (χ1v) is 2.58. The molecule has 1 nitrogen and oxygen atoms in total. The van der Waals surface area contributed by atoms with Gasteiger partial charge in [0.1, 0.15) is 0 Å². The number of rotatable bonds is 1. The van der Waals surface area contributed by atoms with E-state index in [1.807, 2.05) is 0 Å². The zero-order chi connectivity index (χ0) is 5.15. The van der Waals surface area contributed by atoms with Crippen molar-refractivity contribution in [2.45, 2.75) is 6.92 Å². The van der Waals surface area contributed by atoms with Crippen molar-refractivity contribution in [3.05, 3.63) is 12.2 Å². The molecule has 56 valence electrons. The van der Waals surface area contributed by atoms with Crippen LogP contribution < -0.4 is 0 Å². The first-order valence-electron chi connectivity index (χ1n) is 1.50. The van der Waals surface area contributed by atoms with E-state index < -0.39 is 0 Å². The van der Waals surface area contributed by atoms with Gasteiger partial charge in [-0.2, -0.15) is 0 Å². The molecule has 0 N–H and O–H groups in total. The molecule has 0 unspecified atom stereocenters. The quantitative estimate of drug-likeness (QED) is 0.187. The van der Waals surface area contributed by atoms with Crippen LogP contribution in [-0.2, 0) is 26.5 Å². The van der Waals surface area contributed by atoms with Crippen molar-refractivity contribution in [2.24, 2.45) is 0 Å². The van der Waals surface area contributed by atoms with Gasteiger partial charge in [-0.15, -0.1) is 0 Å². The molecule has 0 atom stereocenters. The average Bonchev–Trinajstić information content (AvgIpc) is 1.36. The van der Waals surface area contributed by atoms with Gasteiger partial charge in [-0.25, -0.2) is 0 Å². The average molecular weight is 579 g/mol. The summed E-state index contributed by atoms with van der Waals surface area (Å²) >= 11 is 1.69. The van der Waals surface area contributed by atoms with Crippen molar-refractivity contribution in [3.63, 3.8) is 0 Å². The number of hydrogen-bond acceptors (Lipinski definition) is 1. The second-order valence-corrected chi connectivity index (χ2v) is 2.03. The third-order valence-electron chi connectivity index (χ3n) is 0.336. The molecule has 0 aromatic heterocycles. The third-order valence-corrected chi connectivity index (χ3v) is 1.26. The van der Waals surface area contributed by atoms with Crippen LogP contribution in [-0.4, -0.2) is 144 Å². The van der Waals surface area contributed by atoms with E-state index in [1.54, 1.807) is 29.5 Å². The molecule has 0 heterocycles. The SMILES string of the molecule is C=C(C)C(=O)I.[Ca+2].[Ca+2].[Ca+2].[H-].[H-].[H-].[H-].[H-].[H-].[PbH2].[Ti]. The van der Waals surface area contributed by atoms with Gasteiger partial charge < -0.3 is 8.56 Å². The van der Waals surface area contributed by atoms with Crippen molar-refractivity contribution in [1.29, 1.82) is 0 Å². The van der Waals surface area contributed by atoms with Gasteiger partial charge in [-0.1, -0.05) is 6.58 Å². The standard InChI is InChI=1S/C4H5IO.3Ca.Pb.Ti.8H/c1-3(2)4(5)6;;;;;;;;;;;;;/h1H2,2H3;;;;;;;;;;;;;/q;3*+2;;;;;6*-1. The summed E-state index contributed by atoms with van der Waals surface area (Å²) in [5.41, 5.74) is 0.607. The predicted octanol–water partition coefficient (Wildman–Crippen LogP) is 0.138. The van der Waals surface area contributed by atoms with Crippen LogP contribution in [0.2, 0.25) is 0 Å². The molecule has 0 aliphatic rings. The predicted molar refractivity (Wildman–Crippen MR) is 66.3 cm³/mol. The fourth-order valence-electron chi connectivity index (χ4n) is 0. The molecule has 0 fully saturated rings. The summed E-state index contributed by atoms with van der Waals surface area (Å²) in [4.78, 5) is 10.0. The van der Waals surface area contributed by atoms with Gasteiger partial charge >= 0.3 is 141 Å². The first-order chi connectivity index (χ1) is 2.64. The van der Waals surface area contributed by atoms with Crippen molar-refractivity contribution >= 4 is 167 Å². The first kappa shape index (κ1) is 36.0. The minimum absolute atomic E-state index is 0. The number of carbonyl (C=O) groups excluding carboxylic acids is 1. The summed E-state index contributed by atoms with van der Waals surface area (Å²) in [5, 5.41) is 0. The minimum Gasteiger partial charge on any atom is 0 e. The summed E-state index contributed by atoms with van der Waals surface area (Å²) in [6.07, 6.45) is 0. The summed E-state index contributed by atoms with van der Waals surface area (Å²) in [5.74, 6) is 0. The van der Waals surface area contributed by atoms with E-state index in [9.17, 15) is 4.79 Å². The van der Waals surface area contributed by atoms with Crippen molar-refractivity contribution in [2.75, 3.05) is 0 Å². The van der Waals surface area contributed by atoms with Crippen LogP contribution in [0.5, 0.6) is 0 Å². The molecule has 0 rings (SSSR count). The Kier molecular flexibility index (Phi) is 80.7. The molecule has 0 saturated carbocycles. The maximum atomic E-state index is 10.0. The smallest absolute Gasteiger partial charge is 0 e. The maximum Gasteiger partial charge on any atom is 0 e. The van der Waals surface area contributed by atoms with Crippen LogP contribution in [0.3, 0.4) is 0 Å². The van der Waals surface area contributed by atoms with Crippen LogP contribution in [0.25, 0.3) is 0 Å². The molecule has 0 saturated heterocycles. The Hall–Kier alpha value is 5.56. The Balaban J connectivity index is -0.00000000227. The second-order valence-electron chi connectivity index (χ2n) is 1.05. The second kappa shape index (κ2) is 24.7. The van der Waals surface area contributed by atoms with Crippen molar-refractivity contribution in [1.82, 2.24) is 0 Å². The molecule has 0 aromatic rings. The number of halogens is 1. The molecule has 0 bridgehead atoms. The zero-order valence-corrected chi connectivity index (χ0v) is 22.7. The Morgan fingerprint density at radius 2 is 1.45 bits per heavy atom. The molecular formula is C4H13Ca3IOPbTi. The van der Waals surface area contributed by atoms with Crippen LogP contribution in [0.1, 0.15) is 15.5 Å². The normalized spacial score (nSPS) is 4.18. The maximum absolute atomic E-state index is 10.0. The Morgan fingerprint density at radius 1 is 1.36 bits per heavy atom. The minimum atomic E-state index is 0. The number of hydrogen-bond donors (Lipinski definition) is 0. The molecule has 0 spiro atoms. The molecule has 0 aliphatic heterocycles. The Labute approximate surface area is 215 Å². The fraction of sp³-hybridized carbons (Fsp3) is 0.250. The summed E-state index contributed by atoms with van der Waals surface area (Å²) in [6.45, 7) is 5.09. The topological polar surface area (TPSA) is 17.1 Å². The van der Waals surface area contributed by atoms with E-state index in [1.165, 1.54) is 0 Å². The third kappa shape index (κ3) is 31.3. The molecule has 2 radical (unpaired) electrons. The monoisotopic (exact) mass is 580 g/mol. The molecule has 0 aliphatic carbocycles. The fourth-order valence-corrected chi connectivity index (χ4v) is 0. The Bertz CT molecular complexity index is 107. The number of allylic oxidation sites excluding steroid dienone is 1. The number of carbonyl (C=O) groups is 1. The van der Waals surface area contributed by atoms with Gasteiger partial charge in [-0.3, -0.25) is 4.79 Å². The van der Waals surface area contributed by atoms with Gasteiger partial charge in [0.15, 0.2) is 0 Å². The van der Waals surface area contributed by atoms with Gasteiger partial charge in [0.25, 0.3) is 0 Å². The van der Waals surface area contributed by atoms with E-state index in [-0.39, 0.29) is 175 Å². The van der Waals surface area contributed by atoms with Crippen LogP contribution in [0, 0.1) is 0 Å². The van der Waals surface area contributed by atoms with Crippen molar-refractivity contribution < 1.29 is 35.1 Å². The van der Waals surface area contributed by atoms with Gasteiger partial charge in [-0.05, 0) is 12.5 Å². The van der Waals surface area contributed by atoms with Crippen LogP contribution in [0.4, 0.5) is 0 Å². The summed E-state index contributed by atoms with van der Waals surface area (Å²) < 4.78 is 0.0348. The van der Waals surface area contributed by atoms with Gasteiger partial charge in [0.2, 0.25) is 3.79 Å². The van der Waals surface area contributed by atoms with E-state index >= 15 is 0 Å². The van der Waals surface area contributed by atoms with Crippen molar-refractivity contribution in [3.8, 4) is 0 Å². The van der Waals surface area contributed by atoms with E-state index in [4.69, 9.17) is 0 Å². The van der Waals surface area contributed by atoms with E-state index in [0.717, 1.165) is 0 Å². The summed E-state index contributed by atoms with van der Waals surface area (Å²) in [7, 11) is 0. The largest absolute Gasteiger partial charge is 0 e. The van der Waals surface area contributed by atoms with Crippen LogP contribution in [0.15, 0.2) is 12.2 Å². The van der Waals surface area contributed by atoms with Gasteiger partial charge in [0, 0.05) is 44.3 Å². The molecular weight excluding hydrogens is 566 g/mol. The van der Waals surface area contributed by atoms with Crippen LogP contribution >= 0.6 is 22.6 Å². The molecule has 0 amide bonds. The van der Waals surface area contributed by atoms with E-state index in [2.05, 4.69) is 6.58 Å². The van der Waals surface area contributed by atoms with Gasteiger partial charge in [0.05, 0.1) is 0 Å².